The van der Waals surface area contributed by atoms with Crippen molar-refractivity contribution in [2.45, 2.75) is 51.4 Å². The number of carboxylic acid groups (broad SMARTS) is 1. The topological polar surface area (TPSA) is 49.8 Å². The smallest absolute Gasteiger partial charge is 0.406 e. The number of halogens is 3. The molecule has 1 rings (SSSR count). The molecule has 1 heterocycles. The van der Waals surface area contributed by atoms with Crippen LogP contribution in [0, 0.1) is 5.41 Å². The van der Waals surface area contributed by atoms with Crippen LogP contribution in [-0.2, 0) is 9.53 Å². The summed E-state index contributed by atoms with van der Waals surface area (Å²) in [6.45, 7) is 5.15. The van der Waals surface area contributed by atoms with Crippen molar-refractivity contribution in [2.75, 3.05) is 20.2 Å². The Balaban J connectivity index is 2.82. The van der Waals surface area contributed by atoms with Gasteiger partial charge >= 0.3 is 12.1 Å². The number of hydrogen-bond acceptors (Lipinski definition) is 3. The number of nitrogens with zero attached hydrogens (tertiary/aromatic N) is 1. The van der Waals surface area contributed by atoms with Gasteiger partial charge in [0, 0.05) is 19.7 Å². The summed E-state index contributed by atoms with van der Waals surface area (Å²) in [7, 11) is 1.55. The monoisotopic (exact) mass is 297 g/mol. The first kappa shape index (κ1) is 17.2. The summed E-state index contributed by atoms with van der Waals surface area (Å²) in [5, 5.41) is 9.01. The first-order chi connectivity index (χ1) is 8.95. The normalized spacial score (nSPS) is 26.8. The quantitative estimate of drug-likeness (QED) is 0.847. The van der Waals surface area contributed by atoms with Crippen molar-refractivity contribution in [3.05, 3.63) is 0 Å². The van der Waals surface area contributed by atoms with Crippen LogP contribution in [-0.4, -0.2) is 54.0 Å². The van der Waals surface area contributed by atoms with E-state index in [-0.39, 0.29) is 12.6 Å². The van der Waals surface area contributed by atoms with E-state index < -0.39 is 36.1 Å². The van der Waals surface area contributed by atoms with Crippen molar-refractivity contribution < 1.29 is 27.8 Å². The number of rotatable bonds is 5. The van der Waals surface area contributed by atoms with Crippen LogP contribution >= 0.6 is 0 Å². The minimum absolute atomic E-state index is 0.132. The predicted octanol–water partition coefficient (Wildman–Crippen LogP) is 2.53. The van der Waals surface area contributed by atoms with Gasteiger partial charge in [-0.1, -0.05) is 0 Å². The lowest BCUT2D eigenvalue weighted by Gasteiger charge is -2.33. The van der Waals surface area contributed by atoms with Gasteiger partial charge in [0.1, 0.15) is 0 Å². The van der Waals surface area contributed by atoms with Crippen LogP contribution < -0.4 is 0 Å². The second-order valence-corrected chi connectivity index (χ2v) is 6.12. The highest BCUT2D eigenvalue weighted by molar-refractivity contribution is 5.76. The van der Waals surface area contributed by atoms with Gasteiger partial charge < -0.3 is 9.84 Å². The first-order valence-corrected chi connectivity index (χ1v) is 6.54. The highest BCUT2D eigenvalue weighted by Crippen LogP contribution is 2.46. The zero-order valence-electron chi connectivity index (χ0n) is 12.3. The molecule has 7 heteroatoms. The van der Waals surface area contributed by atoms with Gasteiger partial charge in [-0.2, -0.15) is 13.2 Å². The van der Waals surface area contributed by atoms with E-state index in [1.165, 1.54) is 0 Å². The average Bonchev–Trinajstić information content (AvgIpc) is 2.73. The fourth-order valence-corrected chi connectivity index (χ4v) is 2.67. The Kier molecular flexibility index (Phi) is 4.76. The van der Waals surface area contributed by atoms with E-state index in [1.807, 2.05) is 13.8 Å². The van der Waals surface area contributed by atoms with Crippen LogP contribution in [0.15, 0.2) is 0 Å². The lowest BCUT2D eigenvalue weighted by molar-refractivity contribution is -0.227. The van der Waals surface area contributed by atoms with Gasteiger partial charge in [0.15, 0.2) is 5.41 Å². The van der Waals surface area contributed by atoms with Gasteiger partial charge in [-0.3, -0.25) is 9.69 Å². The van der Waals surface area contributed by atoms with Crippen LogP contribution in [0.25, 0.3) is 0 Å². The van der Waals surface area contributed by atoms with Crippen molar-refractivity contribution in [1.29, 1.82) is 0 Å². The molecule has 0 aromatic carbocycles. The molecule has 0 radical (unpaired) electrons. The molecule has 0 amide bonds. The third-order valence-electron chi connectivity index (χ3n) is 4.21. The fourth-order valence-electron chi connectivity index (χ4n) is 2.67. The summed E-state index contributed by atoms with van der Waals surface area (Å²) in [4.78, 5) is 12.7. The van der Waals surface area contributed by atoms with E-state index in [2.05, 4.69) is 0 Å². The van der Waals surface area contributed by atoms with Crippen molar-refractivity contribution in [1.82, 2.24) is 4.90 Å². The molecule has 1 aliphatic rings. The van der Waals surface area contributed by atoms with Crippen molar-refractivity contribution in [2.24, 2.45) is 5.41 Å². The molecule has 0 saturated carbocycles. The number of ether oxygens (including phenoxy) is 1. The third kappa shape index (κ3) is 3.25. The molecule has 1 N–H and O–H groups in total. The van der Waals surface area contributed by atoms with E-state index in [1.54, 1.807) is 18.9 Å². The van der Waals surface area contributed by atoms with Gasteiger partial charge in [0.05, 0.1) is 5.60 Å². The maximum Gasteiger partial charge on any atom is 0.406 e. The lowest BCUT2D eigenvalue weighted by atomic mass is 9.86. The molecule has 4 nitrogen and oxygen atoms in total. The number of aliphatic carboxylic acids is 1. The third-order valence-corrected chi connectivity index (χ3v) is 4.21. The van der Waals surface area contributed by atoms with Crippen molar-refractivity contribution >= 4 is 5.97 Å². The standard InChI is InChI=1S/C13H22F3NO3/c1-9(7-11(2,3)20-4)17-6-5-12(8-17,10(18)19)13(14,15)16/h9H,5-8H2,1-4H3,(H,18,19). The largest absolute Gasteiger partial charge is 0.481 e. The molecule has 0 aromatic rings. The summed E-state index contributed by atoms with van der Waals surface area (Å²) in [5.41, 5.74) is -3.09. The molecule has 118 valence electrons. The Morgan fingerprint density at radius 3 is 2.35 bits per heavy atom. The first-order valence-electron chi connectivity index (χ1n) is 6.54. The summed E-state index contributed by atoms with van der Waals surface area (Å²) >= 11 is 0. The molecule has 1 saturated heterocycles. The van der Waals surface area contributed by atoms with Gasteiger partial charge in [0.25, 0.3) is 0 Å². The zero-order chi connectivity index (χ0) is 15.8. The van der Waals surface area contributed by atoms with Gasteiger partial charge in [0.2, 0.25) is 0 Å². The summed E-state index contributed by atoms with van der Waals surface area (Å²) in [6.07, 6.45) is -4.59. The summed E-state index contributed by atoms with van der Waals surface area (Å²) in [5.74, 6) is -1.79. The Bertz CT molecular complexity index is 370. The van der Waals surface area contributed by atoms with Gasteiger partial charge in [-0.25, -0.2) is 0 Å². The Morgan fingerprint density at radius 1 is 1.45 bits per heavy atom. The maximum atomic E-state index is 13.1. The lowest BCUT2D eigenvalue weighted by Crippen LogP contribution is -2.48. The number of hydrogen-bond donors (Lipinski definition) is 1. The molecule has 1 fully saturated rings. The zero-order valence-corrected chi connectivity index (χ0v) is 12.3. The number of carboxylic acids is 1. The minimum atomic E-state index is -4.73. The summed E-state index contributed by atoms with van der Waals surface area (Å²) in [6, 6.07) is -0.173. The molecule has 0 bridgehead atoms. The molecule has 0 aliphatic carbocycles. The van der Waals surface area contributed by atoms with Crippen LogP contribution in [0.3, 0.4) is 0 Å². The van der Waals surface area contributed by atoms with E-state index in [4.69, 9.17) is 9.84 Å². The van der Waals surface area contributed by atoms with Crippen LogP contribution in [0.4, 0.5) is 13.2 Å². The SMILES string of the molecule is COC(C)(C)CC(C)N1CCC(C(=O)O)(C(F)(F)F)C1. The Labute approximate surface area is 116 Å². The highest BCUT2D eigenvalue weighted by atomic mass is 19.4. The highest BCUT2D eigenvalue weighted by Gasteiger charge is 2.63. The van der Waals surface area contributed by atoms with E-state index >= 15 is 0 Å². The van der Waals surface area contributed by atoms with Crippen LogP contribution in [0.5, 0.6) is 0 Å². The molecular formula is C13H22F3NO3. The van der Waals surface area contributed by atoms with Crippen LogP contribution in [0.1, 0.15) is 33.6 Å². The molecular weight excluding hydrogens is 275 g/mol. The molecule has 2 atom stereocenters. The van der Waals surface area contributed by atoms with Crippen molar-refractivity contribution in [3.63, 3.8) is 0 Å². The molecule has 2 unspecified atom stereocenters. The van der Waals surface area contributed by atoms with E-state index in [9.17, 15) is 18.0 Å². The predicted molar refractivity (Wildman–Crippen MR) is 67.5 cm³/mol. The summed E-state index contributed by atoms with van der Waals surface area (Å²) < 4.78 is 44.5. The van der Waals surface area contributed by atoms with Gasteiger partial charge in [-0.15, -0.1) is 0 Å². The van der Waals surface area contributed by atoms with Crippen LogP contribution in [0.2, 0.25) is 0 Å². The maximum absolute atomic E-state index is 13.1. The van der Waals surface area contributed by atoms with E-state index in [0.717, 1.165) is 0 Å². The Hall–Kier alpha value is -0.820. The second kappa shape index (κ2) is 5.52. The van der Waals surface area contributed by atoms with Gasteiger partial charge in [-0.05, 0) is 40.2 Å². The number of carbonyl (C=O) groups is 1. The minimum Gasteiger partial charge on any atom is -0.481 e. The molecule has 0 aromatic heterocycles. The van der Waals surface area contributed by atoms with Crippen molar-refractivity contribution in [3.8, 4) is 0 Å². The molecule has 1 aliphatic heterocycles. The number of methoxy groups -OCH3 is 1. The molecule has 20 heavy (non-hydrogen) atoms. The van der Waals surface area contributed by atoms with E-state index in [0.29, 0.717) is 6.42 Å². The number of alkyl halides is 3. The average molecular weight is 297 g/mol. The Morgan fingerprint density at radius 2 is 2.00 bits per heavy atom. The number of likely N-dealkylation sites (tertiary alicyclic amines) is 1. The fraction of sp³-hybridized carbons (Fsp3) is 0.923. The molecule has 0 spiro atoms. The second-order valence-electron chi connectivity index (χ2n) is 6.12.